The van der Waals surface area contributed by atoms with Gasteiger partial charge in [-0.3, -0.25) is 9.69 Å². The third-order valence-corrected chi connectivity index (χ3v) is 4.73. The fraction of sp³-hybridized carbons (Fsp3) is 0.929. The number of ether oxygens (including phenoxy) is 1. The zero-order valence-electron chi connectivity index (χ0n) is 11.4. The van der Waals surface area contributed by atoms with E-state index in [-0.39, 0.29) is 24.1 Å². The minimum absolute atomic E-state index is 0.0866. The maximum absolute atomic E-state index is 12.4. The molecular weight excluding hydrogens is 244 g/mol. The van der Waals surface area contributed by atoms with Crippen molar-refractivity contribution in [3.63, 3.8) is 0 Å². The van der Waals surface area contributed by atoms with Crippen LogP contribution in [0.15, 0.2) is 0 Å². The second-order valence-electron chi connectivity index (χ2n) is 6.10. The minimum atomic E-state index is -0.223. The van der Waals surface area contributed by atoms with Crippen LogP contribution in [0.2, 0.25) is 0 Å². The normalized spacial score (nSPS) is 37.0. The van der Waals surface area contributed by atoms with Crippen molar-refractivity contribution in [2.75, 3.05) is 19.8 Å². The molecule has 3 rings (SSSR count). The number of aliphatic hydroxyl groups is 1. The van der Waals surface area contributed by atoms with Crippen molar-refractivity contribution in [3.05, 3.63) is 0 Å². The molecule has 0 radical (unpaired) electrons. The Kier molecular flexibility index (Phi) is 4.05. The zero-order valence-corrected chi connectivity index (χ0v) is 11.4. The maximum Gasteiger partial charge on any atom is 0.239 e. The van der Waals surface area contributed by atoms with Crippen molar-refractivity contribution < 1.29 is 14.6 Å². The van der Waals surface area contributed by atoms with Gasteiger partial charge in [-0.2, -0.15) is 0 Å². The van der Waals surface area contributed by atoms with Crippen LogP contribution in [0.4, 0.5) is 0 Å². The summed E-state index contributed by atoms with van der Waals surface area (Å²) in [5.41, 5.74) is 0. The van der Waals surface area contributed by atoms with Gasteiger partial charge in [0.05, 0.1) is 19.3 Å². The molecule has 19 heavy (non-hydrogen) atoms. The number of hydrogen-bond acceptors (Lipinski definition) is 4. The molecule has 1 atom stereocenters. The van der Waals surface area contributed by atoms with E-state index in [0.29, 0.717) is 25.5 Å². The van der Waals surface area contributed by atoms with Crippen molar-refractivity contribution in [3.8, 4) is 0 Å². The van der Waals surface area contributed by atoms with E-state index in [1.807, 2.05) is 0 Å². The first-order valence-electron chi connectivity index (χ1n) is 7.56. The highest BCUT2D eigenvalue weighted by atomic mass is 16.5. The Morgan fingerprint density at radius 3 is 2.68 bits per heavy atom. The fourth-order valence-electron chi connectivity index (χ4n) is 3.52. The largest absolute Gasteiger partial charge is 0.393 e. The van der Waals surface area contributed by atoms with Crippen molar-refractivity contribution >= 4 is 5.91 Å². The number of amides is 1. The van der Waals surface area contributed by atoms with Gasteiger partial charge in [0.1, 0.15) is 6.04 Å². The molecule has 1 aliphatic heterocycles. The first-order chi connectivity index (χ1) is 9.24. The van der Waals surface area contributed by atoms with Gasteiger partial charge in [-0.15, -0.1) is 0 Å². The summed E-state index contributed by atoms with van der Waals surface area (Å²) in [6, 6.07) is 0.594. The lowest BCUT2D eigenvalue weighted by molar-refractivity contribution is -0.136. The zero-order chi connectivity index (χ0) is 13.2. The summed E-state index contributed by atoms with van der Waals surface area (Å²) < 4.78 is 5.50. The molecule has 1 amide bonds. The van der Waals surface area contributed by atoms with Crippen molar-refractivity contribution in [1.29, 1.82) is 0 Å². The molecule has 0 aromatic carbocycles. The molecule has 1 unspecified atom stereocenters. The number of morpholine rings is 1. The molecule has 2 saturated carbocycles. The van der Waals surface area contributed by atoms with Crippen molar-refractivity contribution in [2.45, 2.75) is 62.8 Å². The van der Waals surface area contributed by atoms with Crippen LogP contribution in [-0.4, -0.2) is 59.9 Å². The first-order valence-corrected chi connectivity index (χ1v) is 7.56. The molecule has 3 fully saturated rings. The Hall–Kier alpha value is -0.650. The quantitative estimate of drug-likeness (QED) is 0.771. The molecule has 0 aromatic rings. The number of aliphatic hydroxyl groups excluding tert-OH is 1. The summed E-state index contributed by atoms with van der Waals surface area (Å²) in [5, 5.41) is 12.3. The van der Waals surface area contributed by atoms with Gasteiger partial charge in [-0.25, -0.2) is 0 Å². The number of nitrogens with zero attached hydrogens (tertiary/aromatic N) is 1. The van der Waals surface area contributed by atoms with Gasteiger partial charge >= 0.3 is 0 Å². The van der Waals surface area contributed by atoms with E-state index in [4.69, 9.17) is 4.74 Å². The van der Waals surface area contributed by atoms with Crippen LogP contribution in [0.3, 0.4) is 0 Å². The van der Waals surface area contributed by atoms with Gasteiger partial charge in [0.2, 0.25) is 5.91 Å². The third-order valence-electron chi connectivity index (χ3n) is 4.73. The van der Waals surface area contributed by atoms with Crippen molar-refractivity contribution in [2.24, 2.45) is 0 Å². The maximum atomic E-state index is 12.4. The molecule has 2 aliphatic carbocycles. The summed E-state index contributed by atoms with van der Waals surface area (Å²) in [6.45, 7) is 2.12. The van der Waals surface area contributed by atoms with E-state index in [0.717, 1.165) is 13.2 Å². The number of carbonyl (C=O) groups excluding carboxylic acids is 1. The highest BCUT2D eigenvalue weighted by Gasteiger charge is 2.37. The van der Waals surface area contributed by atoms with E-state index in [1.54, 1.807) is 0 Å². The lowest BCUT2D eigenvalue weighted by Crippen LogP contribution is -2.59. The van der Waals surface area contributed by atoms with Gasteiger partial charge < -0.3 is 15.2 Å². The van der Waals surface area contributed by atoms with E-state index in [9.17, 15) is 9.90 Å². The summed E-state index contributed by atoms with van der Waals surface area (Å²) in [6.07, 6.45) is 6.17. The van der Waals surface area contributed by atoms with E-state index in [2.05, 4.69) is 10.2 Å². The molecule has 5 heteroatoms. The highest BCUT2D eigenvalue weighted by Crippen LogP contribution is 2.27. The van der Waals surface area contributed by atoms with Gasteiger partial charge in [0, 0.05) is 18.6 Å². The molecular formula is C14H24N2O3. The number of rotatable bonds is 3. The Morgan fingerprint density at radius 2 is 2.00 bits per heavy atom. The van der Waals surface area contributed by atoms with E-state index < -0.39 is 0 Å². The van der Waals surface area contributed by atoms with Gasteiger partial charge in [-0.1, -0.05) is 12.8 Å². The Bertz CT molecular complexity index is 325. The minimum Gasteiger partial charge on any atom is -0.393 e. The monoisotopic (exact) mass is 268 g/mol. The average Bonchev–Trinajstić information content (AvgIpc) is 2.90. The Morgan fingerprint density at radius 1 is 1.26 bits per heavy atom. The molecule has 1 heterocycles. The van der Waals surface area contributed by atoms with Gasteiger partial charge in [-0.05, 0) is 25.7 Å². The van der Waals surface area contributed by atoms with Crippen LogP contribution < -0.4 is 5.32 Å². The molecule has 1 saturated heterocycles. The summed E-state index contributed by atoms with van der Waals surface area (Å²) in [7, 11) is 0. The molecule has 5 nitrogen and oxygen atoms in total. The van der Waals surface area contributed by atoms with Crippen LogP contribution >= 0.6 is 0 Å². The highest BCUT2D eigenvalue weighted by molar-refractivity contribution is 5.82. The van der Waals surface area contributed by atoms with E-state index in [1.165, 1.54) is 25.7 Å². The van der Waals surface area contributed by atoms with Gasteiger partial charge in [0.25, 0.3) is 0 Å². The second kappa shape index (κ2) is 5.77. The SMILES string of the molecule is O=C(NC1CC(O)C1)C1COCCN1C1CCCC1. The number of hydrogen-bond donors (Lipinski definition) is 2. The molecule has 0 bridgehead atoms. The number of nitrogens with one attached hydrogen (secondary N) is 1. The average molecular weight is 268 g/mol. The fourth-order valence-corrected chi connectivity index (χ4v) is 3.52. The summed E-state index contributed by atoms with van der Waals surface area (Å²) >= 11 is 0. The lowest BCUT2D eigenvalue weighted by atomic mass is 9.89. The van der Waals surface area contributed by atoms with E-state index >= 15 is 0 Å². The lowest BCUT2D eigenvalue weighted by Gasteiger charge is -2.40. The summed E-state index contributed by atoms with van der Waals surface area (Å²) in [5.74, 6) is 0.0866. The predicted octanol–water partition coefficient (Wildman–Crippen LogP) is 0.269. The predicted molar refractivity (Wildman–Crippen MR) is 70.7 cm³/mol. The number of carbonyl (C=O) groups is 1. The molecule has 3 aliphatic rings. The first kappa shape index (κ1) is 13.3. The smallest absolute Gasteiger partial charge is 0.239 e. The van der Waals surface area contributed by atoms with Gasteiger partial charge in [0.15, 0.2) is 0 Å². The standard InChI is InChI=1S/C14H24N2O3/c17-12-7-10(8-12)15-14(18)13-9-19-6-5-16(13)11-3-1-2-4-11/h10-13,17H,1-9H2,(H,15,18). The van der Waals surface area contributed by atoms with Crippen LogP contribution in [0.1, 0.15) is 38.5 Å². The second-order valence-corrected chi connectivity index (χ2v) is 6.10. The third kappa shape index (κ3) is 2.93. The van der Waals surface area contributed by atoms with Crippen LogP contribution in [0.5, 0.6) is 0 Å². The Balaban J connectivity index is 1.57. The van der Waals surface area contributed by atoms with Crippen LogP contribution in [-0.2, 0) is 9.53 Å². The molecule has 2 N–H and O–H groups in total. The molecule has 0 aromatic heterocycles. The topological polar surface area (TPSA) is 61.8 Å². The molecule has 108 valence electrons. The van der Waals surface area contributed by atoms with Crippen LogP contribution in [0.25, 0.3) is 0 Å². The Labute approximate surface area is 114 Å². The van der Waals surface area contributed by atoms with Crippen LogP contribution in [0, 0.1) is 0 Å². The van der Waals surface area contributed by atoms with Crippen molar-refractivity contribution in [1.82, 2.24) is 10.2 Å². The summed E-state index contributed by atoms with van der Waals surface area (Å²) in [4.78, 5) is 14.7. The molecule has 0 spiro atoms.